The molecule has 2 aliphatic heterocycles. The second-order valence-corrected chi connectivity index (χ2v) is 10.6. The van der Waals surface area contributed by atoms with E-state index in [0.29, 0.717) is 61.1 Å². The summed E-state index contributed by atoms with van der Waals surface area (Å²) in [6, 6.07) is 4.38. The van der Waals surface area contributed by atoms with Crippen molar-refractivity contribution in [1.29, 1.82) is 0 Å². The van der Waals surface area contributed by atoms with Crippen LogP contribution < -0.4 is 15.8 Å². The van der Waals surface area contributed by atoms with E-state index in [1.165, 1.54) is 36.3 Å². The number of amides is 1. The molecule has 4 rings (SSSR count). The first-order chi connectivity index (χ1) is 16.2. The van der Waals surface area contributed by atoms with E-state index < -0.39 is 17.3 Å². The quantitative estimate of drug-likeness (QED) is 0.581. The fourth-order valence-corrected chi connectivity index (χ4v) is 5.45. The normalized spacial score (nSPS) is 24.8. The molecule has 1 aromatic carbocycles. The first kappa shape index (κ1) is 24.4. The molecule has 11 heteroatoms. The number of methoxy groups -OCH3 is 1. The Morgan fingerprint density at radius 1 is 1.32 bits per heavy atom. The third kappa shape index (κ3) is 5.48. The monoisotopic (exact) mass is 489 g/mol. The van der Waals surface area contributed by atoms with Crippen molar-refractivity contribution in [3.8, 4) is 5.88 Å². The number of hydrogen-bond donors (Lipinski definition) is 2. The number of nitrogens with two attached hydrogens (primary N) is 1. The third-order valence-electron chi connectivity index (χ3n) is 5.72. The lowest BCUT2D eigenvalue weighted by atomic mass is 9.83. The molecule has 9 nitrogen and oxygen atoms in total. The van der Waals surface area contributed by atoms with Gasteiger partial charge in [-0.3, -0.25) is 9.79 Å². The summed E-state index contributed by atoms with van der Waals surface area (Å²) < 4.78 is 30.6. The Morgan fingerprint density at radius 3 is 2.76 bits per heavy atom. The van der Waals surface area contributed by atoms with Gasteiger partial charge in [0.2, 0.25) is 5.88 Å². The lowest BCUT2D eigenvalue weighted by Gasteiger charge is -2.41. The average molecular weight is 490 g/mol. The van der Waals surface area contributed by atoms with Gasteiger partial charge in [-0.1, -0.05) is 11.8 Å². The number of carbonyl (C=O) groups excluding carboxylic acids is 1. The lowest BCUT2D eigenvalue weighted by Crippen LogP contribution is -2.43. The second kappa shape index (κ2) is 9.85. The highest BCUT2D eigenvalue weighted by molar-refractivity contribution is 8.15. The van der Waals surface area contributed by atoms with Crippen molar-refractivity contribution < 1.29 is 23.4 Å². The van der Waals surface area contributed by atoms with Crippen LogP contribution in [0.4, 0.5) is 10.1 Å². The summed E-state index contributed by atoms with van der Waals surface area (Å²) in [6.07, 6.45) is 3.25. The number of ether oxygens (including phenoxy) is 3. The van der Waals surface area contributed by atoms with Gasteiger partial charge in [0, 0.05) is 29.0 Å². The van der Waals surface area contributed by atoms with Crippen molar-refractivity contribution in [2.24, 2.45) is 16.6 Å². The van der Waals surface area contributed by atoms with Gasteiger partial charge in [-0.05, 0) is 38.5 Å². The summed E-state index contributed by atoms with van der Waals surface area (Å²) in [5, 5.41) is 3.12. The number of benzene rings is 1. The highest BCUT2D eigenvalue weighted by Gasteiger charge is 2.43. The molecule has 182 valence electrons. The van der Waals surface area contributed by atoms with E-state index in [1.54, 1.807) is 13.2 Å². The van der Waals surface area contributed by atoms with Crippen LogP contribution in [0.1, 0.15) is 36.3 Å². The van der Waals surface area contributed by atoms with Crippen LogP contribution in [0.5, 0.6) is 5.88 Å². The molecule has 34 heavy (non-hydrogen) atoms. The number of nitrogens with one attached hydrogen (secondary N) is 1. The van der Waals surface area contributed by atoms with Gasteiger partial charge in [-0.15, -0.1) is 0 Å². The molecule has 0 bridgehead atoms. The van der Waals surface area contributed by atoms with Crippen LogP contribution in [0, 0.1) is 11.7 Å². The minimum absolute atomic E-state index is 0.111. The van der Waals surface area contributed by atoms with Crippen LogP contribution in [0.25, 0.3) is 0 Å². The number of amidine groups is 1. The Balaban J connectivity index is 1.48. The van der Waals surface area contributed by atoms with Crippen LogP contribution in [-0.4, -0.2) is 59.3 Å². The molecule has 0 radical (unpaired) electrons. The van der Waals surface area contributed by atoms with Gasteiger partial charge in [0.25, 0.3) is 5.91 Å². The maximum atomic E-state index is 14.9. The maximum absolute atomic E-state index is 14.9. The Bertz CT molecular complexity index is 1080. The molecule has 3 heterocycles. The van der Waals surface area contributed by atoms with E-state index in [4.69, 9.17) is 19.9 Å². The van der Waals surface area contributed by atoms with Gasteiger partial charge < -0.3 is 25.3 Å². The van der Waals surface area contributed by atoms with E-state index in [1.807, 2.05) is 13.8 Å². The number of hydrogen-bond acceptors (Lipinski definition) is 9. The maximum Gasteiger partial charge on any atom is 0.275 e. The molecule has 2 aromatic rings. The van der Waals surface area contributed by atoms with Gasteiger partial charge in [0.1, 0.15) is 11.5 Å². The molecule has 3 N–H and O–H groups in total. The number of anilines is 1. The van der Waals surface area contributed by atoms with Crippen LogP contribution in [0.15, 0.2) is 35.6 Å². The Labute approximate surface area is 201 Å². The molecule has 1 saturated heterocycles. The number of halogens is 1. The largest absolute Gasteiger partial charge is 0.476 e. The Morgan fingerprint density at radius 2 is 2.12 bits per heavy atom. The minimum atomic E-state index is -0.919. The molecule has 2 aliphatic rings. The van der Waals surface area contributed by atoms with Crippen LogP contribution in [-0.2, 0) is 15.0 Å². The zero-order valence-corrected chi connectivity index (χ0v) is 20.2. The van der Waals surface area contributed by atoms with Crippen LogP contribution in [0.3, 0.4) is 0 Å². The van der Waals surface area contributed by atoms with E-state index in [-0.39, 0.29) is 10.4 Å². The van der Waals surface area contributed by atoms with E-state index in [2.05, 4.69) is 20.3 Å². The number of thioether (sulfide) groups is 1. The summed E-state index contributed by atoms with van der Waals surface area (Å²) in [7, 11) is 1.62. The zero-order chi connectivity index (χ0) is 24.3. The highest BCUT2D eigenvalue weighted by Crippen LogP contribution is 2.46. The first-order valence-electron chi connectivity index (χ1n) is 10.9. The number of rotatable bonds is 8. The summed E-state index contributed by atoms with van der Waals surface area (Å²) in [4.78, 5) is 25.5. The molecule has 0 saturated carbocycles. The van der Waals surface area contributed by atoms with Gasteiger partial charge in [-0.25, -0.2) is 14.4 Å². The number of carbonyl (C=O) groups is 1. The number of aliphatic imine (C=N–C) groups is 1. The Kier molecular flexibility index (Phi) is 7.06. The van der Waals surface area contributed by atoms with Gasteiger partial charge in [0.15, 0.2) is 5.17 Å². The standard InChI is InChI=1S/C23H28FN5O4S/c1-22(13-31-3)12-23(2,29-21(25)34-22)16-6-15(4-5-17(16)24)28-20(30)18-7-27-19(8-26-18)33-11-14-9-32-10-14/h4-8,14H,9-13H2,1-3H3,(H2,25,29)(H,28,30)/t22-,23+/m1/s1. The van der Waals surface area contributed by atoms with E-state index in [0.717, 1.165) is 0 Å². The number of nitrogens with zero attached hydrogens (tertiary/aromatic N) is 3. The topological polar surface area (TPSA) is 121 Å². The SMILES string of the molecule is COC[C@@]1(C)C[C@@](C)(c2cc(NC(=O)c3cnc(OCC4COC4)cn3)ccc2F)N=C(N)S1. The average Bonchev–Trinajstić information content (AvgIpc) is 2.73. The van der Waals surface area contributed by atoms with Crippen molar-refractivity contribution in [2.45, 2.75) is 30.6 Å². The summed E-state index contributed by atoms with van der Waals surface area (Å²) >= 11 is 1.42. The van der Waals surface area contributed by atoms with E-state index >= 15 is 0 Å². The van der Waals surface area contributed by atoms with Crippen LogP contribution >= 0.6 is 11.8 Å². The summed E-state index contributed by atoms with van der Waals surface area (Å²) in [5.41, 5.74) is 6.04. The molecule has 0 spiro atoms. The van der Waals surface area contributed by atoms with Crippen molar-refractivity contribution in [3.05, 3.63) is 47.7 Å². The van der Waals surface area contributed by atoms with Gasteiger partial charge in [-0.2, -0.15) is 0 Å². The van der Waals surface area contributed by atoms with Crippen LogP contribution in [0.2, 0.25) is 0 Å². The van der Waals surface area contributed by atoms with E-state index in [9.17, 15) is 9.18 Å². The van der Waals surface area contributed by atoms with Crippen molar-refractivity contribution in [3.63, 3.8) is 0 Å². The van der Waals surface area contributed by atoms with Crippen molar-refractivity contribution in [2.75, 3.05) is 38.9 Å². The molecule has 1 amide bonds. The molecular formula is C23H28FN5O4S. The number of aromatic nitrogens is 2. The minimum Gasteiger partial charge on any atom is -0.476 e. The molecular weight excluding hydrogens is 461 g/mol. The molecule has 2 atom stereocenters. The summed E-state index contributed by atoms with van der Waals surface area (Å²) in [5.74, 6) is -0.207. The predicted molar refractivity (Wildman–Crippen MR) is 128 cm³/mol. The second-order valence-electron chi connectivity index (χ2n) is 8.99. The zero-order valence-electron chi connectivity index (χ0n) is 19.3. The molecule has 1 aromatic heterocycles. The van der Waals surface area contributed by atoms with Crippen molar-refractivity contribution in [1.82, 2.24) is 9.97 Å². The highest BCUT2D eigenvalue weighted by atomic mass is 32.2. The summed E-state index contributed by atoms with van der Waals surface area (Å²) in [6.45, 7) is 6.12. The molecule has 0 aliphatic carbocycles. The first-order valence-corrected chi connectivity index (χ1v) is 11.7. The van der Waals surface area contributed by atoms with Gasteiger partial charge in [0.05, 0.1) is 44.4 Å². The predicted octanol–water partition coefficient (Wildman–Crippen LogP) is 2.97. The fraction of sp³-hybridized carbons (Fsp3) is 0.478. The smallest absolute Gasteiger partial charge is 0.275 e. The van der Waals surface area contributed by atoms with Crippen molar-refractivity contribution >= 4 is 28.5 Å². The van der Waals surface area contributed by atoms with Gasteiger partial charge >= 0.3 is 0 Å². The molecule has 1 fully saturated rings. The third-order valence-corrected chi connectivity index (χ3v) is 6.77. The Hall–Kier alpha value is -2.76. The lowest BCUT2D eigenvalue weighted by molar-refractivity contribution is -0.0514. The fourth-order valence-electron chi connectivity index (χ4n) is 4.17. The molecule has 0 unspecified atom stereocenters.